The highest BCUT2D eigenvalue weighted by molar-refractivity contribution is 5.78. The molecule has 0 saturated heterocycles. The van der Waals surface area contributed by atoms with Crippen molar-refractivity contribution in [3.05, 3.63) is 34.6 Å². The number of aldehydes is 1. The van der Waals surface area contributed by atoms with Crippen LogP contribution < -0.4 is 5.73 Å². The maximum Gasteiger partial charge on any atom is 0.150 e. The molecule has 2 N–H and O–H groups in total. The van der Waals surface area contributed by atoms with E-state index in [2.05, 4.69) is 0 Å². The molecule has 0 radical (unpaired) electrons. The van der Waals surface area contributed by atoms with Crippen LogP contribution in [0, 0.1) is 12.7 Å². The Balaban J connectivity index is 3.26. The van der Waals surface area contributed by atoms with Crippen molar-refractivity contribution in [2.45, 2.75) is 19.8 Å². The molecule has 1 unspecified atom stereocenters. The molecule has 0 spiro atoms. The summed E-state index contributed by atoms with van der Waals surface area (Å²) in [7, 11) is 0. The lowest BCUT2D eigenvalue weighted by Gasteiger charge is -2.12. The van der Waals surface area contributed by atoms with E-state index < -0.39 is 0 Å². The molecule has 0 heterocycles. The van der Waals surface area contributed by atoms with Crippen molar-refractivity contribution in [2.24, 2.45) is 5.73 Å². The van der Waals surface area contributed by atoms with E-state index in [4.69, 9.17) is 5.73 Å². The van der Waals surface area contributed by atoms with Crippen LogP contribution in [0.1, 0.15) is 34.3 Å². The van der Waals surface area contributed by atoms with Crippen molar-refractivity contribution in [3.8, 4) is 0 Å². The highest BCUT2D eigenvalue weighted by Gasteiger charge is 2.11. The van der Waals surface area contributed by atoms with Gasteiger partial charge in [0.05, 0.1) is 0 Å². The van der Waals surface area contributed by atoms with Crippen molar-refractivity contribution in [3.63, 3.8) is 0 Å². The first kappa shape index (κ1) is 10.9. The second kappa shape index (κ2) is 4.33. The Morgan fingerprint density at radius 3 is 2.71 bits per heavy atom. The summed E-state index contributed by atoms with van der Waals surface area (Å²) in [6.45, 7) is 3.92. The zero-order valence-corrected chi connectivity index (χ0v) is 8.38. The highest BCUT2D eigenvalue weighted by Crippen LogP contribution is 2.21. The molecule has 0 aliphatic heterocycles. The number of rotatable bonds is 3. The molecule has 1 aromatic rings. The summed E-state index contributed by atoms with van der Waals surface area (Å²) in [5.41, 5.74) is 7.18. The Morgan fingerprint density at radius 1 is 1.57 bits per heavy atom. The first-order chi connectivity index (χ1) is 6.60. The lowest BCUT2D eigenvalue weighted by Crippen LogP contribution is -2.11. The van der Waals surface area contributed by atoms with Crippen LogP contribution in [-0.4, -0.2) is 12.8 Å². The molecule has 0 saturated carbocycles. The third-order valence-corrected chi connectivity index (χ3v) is 2.38. The second-order valence-electron chi connectivity index (χ2n) is 3.48. The average Bonchev–Trinajstić information content (AvgIpc) is 2.20. The van der Waals surface area contributed by atoms with Gasteiger partial charge < -0.3 is 5.73 Å². The van der Waals surface area contributed by atoms with E-state index in [0.29, 0.717) is 23.2 Å². The van der Waals surface area contributed by atoms with Gasteiger partial charge in [0.1, 0.15) is 12.1 Å². The van der Waals surface area contributed by atoms with Gasteiger partial charge in [0.2, 0.25) is 0 Å². The zero-order chi connectivity index (χ0) is 10.7. The van der Waals surface area contributed by atoms with E-state index in [-0.39, 0.29) is 11.7 Å². The van der Waals surface area contributed by atoms with Gasteiger partial charge in [0, 0.05) is 5.56 Å². The number of hydrogen-bond donors (Lipinski definition) is 1. The Bertz CT molecular complexity index is 349. The number of hydrogen-bond acceptors (Lipinski definition) is 2. The minimum atomic E-state index is -0.286. The minimum Gasteiger partial charge on any atom is -0.330 e. The van der Waals surface area contributed by atoms with Crippen molar-refractivity contribution >= 4 is 6.29 Å². The zero-order valence-electron chi connectivity index (χ0n) is 8.38. The molecular formula is C11H14FNO. The number of aryl methyl sites for hydroxylation is 1. The summed E-state index contributed by atoms with van der Waals surface area (Å²) in [6, 6.07) is 2.96. The van der Waals surface area contributed by atoms with Gasteiger partial charge >= 0.3 is 0 Å². The van der Waals surface area contributed by atoms with E-state index in [0.717, 1.165) is 6.29 Å². The van der Waals surface area contributed by atoms with Crippen molar-refractivity contribution < 1.29 is 9.18 Å². The van der Waals surface area contributed by atoms with Crippen molar-refractivity contribution in [1.29, 1.82) is 0 Å². The molecule has 2 nitrogen and oxygen atoms in total. The predicted molar refractivity (Wildman–Crippen MR) is 54.0 cm³/mol. The molecule has 14 heavy (non-hydrogen) atoms. The standard InChI is InChI=1S/C11H14FNO/c1-7-3-9(6-14)10(4-11(7)12)8(2)5-13/h3-4,6,8H,5,13H2,1-2H3. The maximum atomic E-state index is 13.2. The molecule has 0 aliphatic carbocycles. The van der Waals surface area contributed by atoms with Crippen LogP contribution in [-0.2, 0) is 0 Å². The lowest BCUT2D eigenvalue weighted by atomic mass is 9.94. The van der Waals surface area contributed by atoms with Crippen LogP contribution in [0.15, 0.2) is 12.1 Å². The van der Waals surface area contributed by atoms with Gasteiger partial charge in [-0.2, -0.15) is 0 Å². The quantitative estimate of drug-likeness (QED) is 0.750. The summed E-state index contributed by atoms with van der Waals surface area (Å²) in [6.07, 6.45) is 0.744. The number of halogens is 1. The van der Waals surface area contributed by atoms with Crippen LogP contribution in [0.3, 0.4) is 0 Å². The molecule has 0 amide bonds. The van der Waals surface area contributed by atoms with E-state index in [1.54, 1.807) is 13.0 Å². The first-order valence-corrected chi connectivity index (χ1v) is 4.55. The third-order valence-electron chi connectivity index (χ3n) is 2.38. The topological polar surface area (TPSA) is 43.1 Å². The van der Waals surface area contributed by atoms with E-state index in [1.165, 1.54) is 6.07 Å². The third kappa shape index (κ3) is 1.99. The fourth-order valence-corrected chi connectivity index (χ4v) is 1.38. The van der Waals surface area contributed by atoms with Crippen LogP contribution in [0.5, 0.6) is 0 Å². The van der Waals surface area contributed by atoms with Gasteiger partial charge in [-0.1, -0.05) is 6.92 Å². The fraction of sp³-hybridized carbons (Fsp3) is 0.364. The fourth-order valence-electron chi connectivity index (χ4n) is 1.38. The van der Waals surface area contributed by atoms with Gasteiger partial charge in [0.15, 0.2) is 0 Å². The first-order valence-electron chi connectivity index (χ1n) is 4.55. The monoisotopic (exact) mass is 195 g/mol. The van der Waals surface area contributed by atoms with E-state index in [9.17, 15) is 9.18 Å². The summed E-state index contributed by atoms with van der Waals surface area (Å²) >= 11 is 0. The van der Waals surface area contributed by atoms with E-state index in [1.807, 2.05) is 6.92 Å². The Hall–Kier alpha value is -1.22. The van der Waals surface area contributed by atoms with Crippen molar-refractivity contribution in [1.82, 2.24) is 0 Å². The molecule has 0 aromatic heterocycles. The van der Waals surface area contributed by atoms with Gasteiger partial charge in [-0.15, -0.1) is 0 Å². The van der Waals surface area contributed by atoms with Gasteiger partial charge in [-0.05, 0) is 42.6 Å². The van der Waals surface area contributed by atoms with E-state index >= 15 is 0 Å². The van der Waals surface area contributed by atoms with Gasteiger partial charge in [0.25, 0.3) is 0 Å². The Morgan fingerprint density at radius 2 is 2.21 bits per heavy atom. The molecule has 1 atom stereocenters. The van der Waals surface area contributed by atoms with Gasteiger partial charge in [-0.25, -0.2) is 4.39 Å². The summed E-state index contributed by atoms with van der Waals surface area (Å²) in [4.78, 5) is 10.7. The molecule has 0 aliphatic rings. The number of carbonyl (C=O) groups is 1. The van der Waals surface area contributed by atoms with Crippen LogP contribution >= 0.6 is 0 Å². The molecule has 3 heteroatoms. The Kier molecular flexibility index (Phi) is 3.36. The molecular weight excluding hydrogens is 181 g/mol. The summed E-state index contributed by atoms with van der Waals surface area (Å²) in [5, 5.41) is 0. The summed E-state index contributed by atoms with van der Waals surface area (Å²) in [5.74, 6) is -0.281. The molecule has 0 fully saturated rings. The number of nitrogens with two attached hydrogens (primary N) is 1. The Labute approximate surface area is 82.9 Å². The average molecular weight is 195 g/mol. The molecule has 0 bridgehead atoms. The molecule has 1 aromatic carbocycles. The maximum absolute atomic E-state index is 13.2. The molecule has 1 rings (SSSR count). The SMILES string of the molecule is Cc1cc(C=O)c(C(C)CN)cc1F. The summed E-state index contributed by atoms with van der Waals surface area (Å²) < 4.78 is 13.2. The highest BCUT2D eigenvalue weighted by atomic mass is 19.1. The largest absolute Gasteiger partial charge is 0.330 e. The smallest absolute Gasteiger partial charge is 0.150 e. The molecule has 76 valence electrons. The lowest BCUT2D eigenvalue weighted by molar-refractivity contribution is 0.112. The second-order valence-corrected chi connectivity index (χ2v) is 3.48. The predicted octanol–water partition coefficient (Wildman–Crippen LogP) is 2.01. The van der Waals surface area contributed by atoms with Crippen LogP contribution in [0.4, 0.5) is 4.39 Å². The number of carbonyl (C=O) groups excluding carboxylic acids is 1. The van der Waals surface area contributed by atoms with Gasteiger partial charge in [-0.3, -0.25) is 4.79 Å². The van der Waals surface area contributed by atoms with Crippen LogP contribution in [0.2, 0.25) is 0 Å². The normalized spacial score (nSPS) is 12.6. The number of benzene rings is 1. The minimum absolute atomic E-state index is 0.00491. The van der Waals surface area contributed by atoms with Crippen LogP contribution in [0.25, 0.3) is 0 Å². The van der Waals surface area contributed by atoms with Crippen molar-refractivity contribution in [2.75, 3.05) is 6.54 Å².